The highest BCUT2D eigenvalue weighted by Gasteiger charge is 2.35. The SMILES string of the molecule is CCC(CC)NC(=O)COC(=O)c1ccc2c(c1)C(=O)N(CCc1ccccc1)C2=O. The molecule has 7 nitrogen and oxygen atoms in total. The number of rotatable bonds is 9. The lowest BCUT2D eigenvalue weighted by Gasteiger charge is -2.14. The number of carbonyl (C=O) groups is 4. The van der Waals surface area contributed by atoms with Gasteiger partial charge < -0.3 is 10.1 Å². The monoisotopic (exact) mass is 422 g/mol. The van der Waals surface area contributed by atoms with Crippen molar-refractivity contribution in [2.24, 2.45) is 0 Å². The molecule has 3 amide bonds. The molecular weight excluding hydrogens is 396 g/mol. The number of imide groups is 1. The molecule has 2 aromatic carbocycles. The number of nitrogens with one attached hydrogen (secondary N) is 1. The van der Waals surface area contributed by atoms with E-state index in [2.05, 4.69) is 5.32 Å². The van der Waals surface area contributed by atoms with Crippen LogP contribution in [0, 0.1) is 0 Å². The lowest BCUT2D eigenvalue weighted by molar-refractivity contribution is -0.125. The zero-order valence-electron chi connectivity index (χ0n) is 17.7. The van der Waals surface area contributed by atoms with E-state index in [1.807, 2.05) is 44.2 Å². The molecular formula is C24H26N2O5. The number of ether oxygens (including phenoxy) is 1. The molecule has 1 aliphatic heterocycles. The highest BCUT2D eigenvalue weighted by Crippen LogP contribution is 2.24. The Morgan fingerprint density at radius 1 is 0.968 bits per heavy atom. The Kier molecular flexibility index (Phi) is 7.18. The zero-order valence-corrected chi connectivity index (χ0v) is 17.7. The van der Waals surface area contributed by atoms with Crippen LogP contribution in [0.25, 0.3) is 0 Å². The van der Waals surface area contributed by atoms with E-state index in [1.54, 1.807) is 0 Å². The van der Waals surface area contributed by atoms with Gasteiger partial charge in [0, 0.05) is 12.6 Å². The van der Waals surface area contributed by atoms with Gasteiger partial charge in [-0.05, 0) is 43.0 Å². The molecule has 162 valence electrons. The topological polar surface area (TPSA) is 92.8 Å². The Hall–Kier alpha value is -3.48. The number of amides is 3. The maximum atomic E-state index is 12.7. The van der Waals surface area contributed by atoms with Gasteiger partial charge >= 0.3 is 5.97 Å². The number of benzene rings is 2. The van der Waals surface area contributed by atoms with Gasteiger partial charge in [-0.1, -0.05) is 44.2 Å². The summed E-state index contributed by atoms with van der Waals surface area (Å²) < 4.78 is 5.07. The Labute approximate surface area is 181 Å². The van der Waals surface area contributed by atoms with Crippen LogP contribution in [0.3, 0.4) is 0 Å². The predicted molar refractivity (Wildman–Crippen MR) is 115 cm³/mol. The van der Waals surface area contributed by atoms with E-state index >= 15 is 0 Å². The fraction of sp³-hybridized carbons (Fsp3) is 0.333. The molecule has 0 fully saturated rings. The second-order valence-electron chi connectivity index (χ2n) is 7.41. The van der Waals surface area contributed by atoms with Gasteiger partial charge in [0.15, 0.2) is 6.61 Å². The van der Waals surface area contributed by atoms with Crippen LogP contribution in [0.4, 0.5) is 0 Å². The molecule has 0 aromatic heterocycles. The quantitative estimate of drug-likeness (QED) is 0.495. The maximum absolute atomic E-state index is 12.7. The van der Waals surface area contributed by atoms with Crippen LogP contribution in [-0.4, -0.2) is 47.8 Å². The molecule has 1 aliphatic rings. The minimum Gasteiger partial charge on any atom is -0.452 e. The average Bonchev–Trinajstić information content (AvgIpc) is 3.04. The fourth-order valence-corrected chi connectivity index (χ4v) is 3.48. The largest absolute Gasteiger partial charge is 0.452 e. The Bertz CT molecular complexity index is 983. The smallest absolute Gasteiger partial charge is 0.338 e. The second kappa shape index (κ2) is 10.0. The Morgan fingerprint density at radius 3 is 2.32 bits per heavy atom. The van der Waals surface area contributed by atoms with E-state index in [9.17, 15) is 19.2 Å². The van der Waals surface area contributed by atoms with E-state index in [0.29, 0.717) is 6.42 Å². The summed E-state index contributed by atoms with van der Waals surface area (Å²) in [6.07, 6.45) is 2.13. The van der Waals surface area contributed by atoms with Gasteiger partial charge in [0.1, 0.15) is 0 Å². The van der Waals surface area contributed by atoms with E-state index in [1.165, 1.54) is 23.1 Å². The molecule has 31 heavy (non-hydrogen) atoms. The number of hydrogen-bond donors (Lipinski definition) is 1. The molecule has 0 atom stereocenters. The number of nitrogens with zero attached hydrogens (tertiary/aromatic N) is 1. The van der Waals surface area contributed by atoms with Crippen molar-refractivity contribution >= 4 is 23.7 Å². The van der Waals surface area contributed by atoms with Crippen molar-refractivity contribution < 1.29 is 23.9 Å². The van der Waals surface area contributed by atoms with Crippen LogP contribution in [0.5, 0.6) is 0 Å². The van der Waals surface area contributed by atoms with E-state index in [4.69, 9.17) is 4.74 Å². The van der Waals surface area contributed by atoms with Crippen molar-refractivity contribution in [1.29, 1.82) is 0 Å². The highest BCUT2D eigenvalue weighted by atomic mass is 16.5. The standard InChI is InChI=1S/C24H26N2O5/c1-3-18(4-2)25-21(27)15-31-24(30)17-10-11-19-20(14-17)23(29)26(22(19)28)13-12-16-8-6-5-7-9-16/h5-11,14,18H,3-4,12-13,15H2,1-2H3,(H,25,27). The Balaban J connectivity index is 1.63. The highest BCUT2D eigenvalue weighted by molar-refractivity contribution is 6.22. The van der Waals surface area contributed by atoms with Gasteiger partial charge in [0.25, 0.3) is 17.7 Å². The van der Waals surface area contributed by atoms with Crippen molar-refractivity contribution in [2.75, 3.05) is 13.2 Å². The van der Waals surface area contributed by atoms with E-state index in [0.717, 1.165) is 18.4 Å². The molecule has 0 unspecified atom stereocenters. The molecule has 0 aliphatic carbocycles. The van der Waals surface area contributed by atoms with Crippen molar-refractivity contribution in [2.45, 2.75) is 39.2 Å². The first kappa shape index (κ1) is 22.2. The molecule has 2 aromatic rings. The maximum Gasteiger partial charge on any atom is 0.338 e. The van der Waals surface area contributed by atoms with Crippen LogP contribution < -0.4 is 5.32 Å². The molecule has 0 spiro atoms. The molecule has 1 N–H and O–H groups in total. The third kappa shape index (κ3) is 5.17. The molecule has 1 heterocycles. The lowest BCUT2D eigenvalue weighted by atomic mass is 10.1. The Morgan fingerprint density at radius 2 is 1.65 bits per heavy atom. The normalized spacial score (nSPS) is 12.8. The first-order chi connectivity index (χ1) is 14.9. The summed E-state index contributed by atoms with van der Waals surface area (Å²) in [6, 6.07) is 13.9. The summed E-state index contributed by atoms with van der Waals surface area (Å²) in [5, 5.41) is 2.79. The second-order valence-corrected chi connectivity index (χ2v) is 7.41. The van der Waals surface area contributed by atoms with Crippen LogP contribution in [0.2, 0.25) is 0 Å². The number of fused-ring (bicyclic) bond motifs is 1. The fourth-order valence-electron chi connectivity index (χ4n) is 3.48. The summed E-state index contributed by atoms with van der Waals surface area (Å²) in [5.41, 5.74) is 1.59. The van der Waals surface area contributed by atoms with Crippen LogP contribution in [0.15, 0.2) is 48.5 Å². The average molecular weight is 422 g/mol. The molecule has 0 saturated heterocycles. The van der Waals surface area contributed by atoms with Gasteiger partial charge in [-0.2, -0.15) is 0 Å². The van der Waals surface area contributed by atoms with Crippen LogP contribution in [-0.2, 0) is 16.0 Å². The molecule has 3 rings (SSSR count). The summed E-state index contributed by atoms with van der Waals surface area (Å²) in [4.78, 5) is 50.8. The van der Waals surface area contributed by atoms with Gasteiger partial charge in [0.05, 0.1) is 16.7 Å². The molecule has 0 radical (unpaired) electrons. The summed E-state index contributed by atoms with van der Waals surface area (Å²) in [5.74, 6) is -1.90. The van der Waals surface area contributed by atoms with E-state index < -0.39 is 18.5 Å². The van der Waals surface area contributed by atoms with Gasteiger partial charge in [-0.15, -0.1) is 0 Å². The number of hydrogen-bond acceptors (Lipinski definition) is 5. The first-order valence-corrected chi connectivity index (χ1v) is 10.4. The minimum absolute atomic E-state index is 0.0386. The van der Waals surface area contributed by atoms with Gasteiger partial charge in [-0.3, -0.25) is 19.3 Å². The lowest BCUT2D eigenvalue weighted by Crippen LogP contribution is -2.36. The predicted octanol–water partition coefficient (Wildman–Crippen LogP) is 2.99. The molecule has 7 heteroatoms. The van der Waals surface area contributed by atoms with Gasteiger partial charge in [0.2, 0.25) is 0 Å². The van der Waals surface area contributed by atoms with Crippen molar-refractivity contribution in [3.63, 3.8) is 0 Å². The zero-order chi connectivity index (χ0) is 22.4. The third-order valence-corrected chi connectivity index (χ3v) is 5.36. The number of esters is 1. The minimum atomic E-state index is -0.717. The van der Waals surface area contributed by atoms with Crippen molar-refractivity contribution in [1.82, 2.24) is 10.2 Å². The van der Waals surface area contributed by atoms with Gasteiger partial charge in [-0.25, -0.2) is 4.79 Å². The number of carbonyl (C=O) groups excluding carboxylic acids is 4. The van der Waals surface area contributed by atoms with Crippen LogP contribution in [0.1, 0.15) is 63.3 Å². The van der Waals surface area contributed by atoms with Crippen molar-refractivity contribution in [3.8, 4) is 0 Å². The molecule has 0 saturated carbocycles. The van der Waals surface area contributed by atoms with Crippen LogP contribution >= 0.6 is 0 Å². The summed E-state index contributed by atoms with van der Waals surface area (Å²) in [7, 11) is 0. The summed E-state index contributed by atoms with van der Waals surface area (Å²) in [6.45, 7) is 3.79. The van der Waals surface area contributed by atoms with E-state index in [-0.39, 0.29) is 41.1 Å². The van der Waals surface area contributed by atoms with Crippen molar-refractivity contribution in [3.05, 3.63) is 70.8 Å². The molecule has 0 bridgehead atoms. The summed E-state index contributed by atoms with van der Waals surface area (Å²) >= 11 is 0. The first-order valence-electron chi connectivity index (χ1n) is 10.4. The third-order valence-electron chi connectivity index (χ3n) is 5.36.